The number of halogens is 1. The van der Waals surface area contributed by atoms with Crippen molar-refractivity contribution in [3.8, 4) is 5.75 Å². The van der Waals surface area contributed by atoms with Gasteiger partial charge in [-0.1, -0.05) is 25.5 Å². The Bertz CT molecular complexity index is 467. The van der Waals surface area contributed by atoms with Gasteiger partial charge in [-0.05, 0) is 50.3 Å². The number of benzene rings is 1. The van der Waals surface area contributed by atoms with Crippen LogP contribution in [0.25, 0.3) is 0 Å². The fourth-order valence-corrected chi connectivity index (χ4v) is 2.31. The minimum absolute atomic E-state index is 0. The molecule has 0 atom stereocenters. The van der Waals surface area contributed by atoms with E-state index in [1.807, 2.05) is 6.92 Å². The molecular formula is C20H36IN3O2. The third kappa shape index (κ3) is 12.4. The highest BCUT2D eigenvalue weighted by Crippen LogP contribution is 2.12. The molecule has 2 N–H and O–H groups in total. The van der Waals surface area contributed by atoms with Gasteiger partial charge in [0, 0.05) is 33.4 Å². The van der Waals surface area contributed by atoms with E-state index in [0.717, 1.165) is 76.7 Å². The van der Waals surface area contributed by atoms with Gasteiger partial charge in [-0.2, -0.15) is 0 Å². The Balaban J connectivity index is 0.00000625. The van der Waals surface area contributed by atoms with E-state index >= 15 is 0 Å². The minimum atomic E-state index is 0. The van der Waals surface area contributed by atoms with Gasteiger partial charge in [-0.3, -0.25) is 4.99 Å². The van der Waals surface area contributed by atoms with E-state index in [-0.39, 0.29) is 24.0 Å². The van der Waals surface area contributed by atoms with Crippen molar-refractivity contribution < 1.29 is 9.47 Å². The molecule has 0 aliphatic heterocycles. The predicted octanol–water partition coefficient (Wildman–Crippen LogP) is 4.01. The first-order valence-electron chi connectivity index (χ1n) is 9.54. The molecule has 0 heterocycles. The summed E-state index contributed by atoms with van der Waals surface area (Å²) in [4.78, 5) is 4.25. The van der Waals surface area contributed by atoms with Gasteiger partial charge in [0.25, 0.3) is 0 Å². The smallest absolute Gasteiger partial charge is 0.190 e. The maximum Gasteiger partial charge on any atom is 0.190 e. The Morgan fingerprint density at radius 2 is 1.69 bits per heavy atom. The van der Waals surface area contributed by atoms with Gasteiger partial charge in [0.05, 0.1) is 6.61 Å². The fourth-order valence-electron chi connectivity index (χ4n) is 2.31. The van der Waals surface area contributed by atoms with Crippen molar-refractivity contribution in [2.24, 2.45) is 4.99 Å². The van der Waals surface area contributed by atoms with Gasteiger partial charge in [0.2, 0.25) is 0 Å². The Morgan fingerprint density at radius 3 is 2.35 bits per heavy atom. The van der Waals surface area contributed by atoms with Crippen molar-refractivity contribution in [2.75, 3.05) is 40.0 Å². The van der Waals surface area contributed by atoms with E-state index in [2.05, 4.69) is 46.8 Å². The molecule has 0 fully saturated rings. The molecule has 0 unspecified atom stereocenters. The molecule has 26 heavy (non-hydrogen) atoms. The van der Waals surface area contributed by atoms with Crippen LogP contribution < -0.4 is 15.4 Å². The number of guanidine groups is 1. The number of ether oxygens (including phenoxy) is 2. The molecule has 1 aromatic carbocycles. The van der Waals surface area contributed by atoms with Gasteiger partial charge >= 0.3 is 0 Å². The Hall–Kier alpha value is -1.02. The second-order valence-electron chi connectivity index (χ2n) is 5.93. The number of nitrogens with zero attached hydrogens (tertiary/aromatic N) is 1. The van der Waals surface area contributed by atoms with E-state index in [1.165, 1.54) is 5.56 Å². The molecule has 0 aliphatic carbocycles. The number of rotatable bonds is 13. The lowest BCUT2D eigenvalue weighted by Crippen LogP contribution is -2.38. The molecule has 0 amide bonds. The van der Waals surface area contributed by atoms with Crippen LogP contribution in [0.1, 0.15) is 45.1 Å². The summed E-state index contributed by atoms with van der Waals surface area (Å²) < 4.78 is 11.0. The summed E-state index contributed by atoms with van der Waals surface area (Å²) in [6, 6.07) is 8.37. The van der Waals surface area contributed by atoms with E-state index in [0.29, 0.717) is 0 Å². The predicted molar refractivity (Wildman–Crippen MR) is 121 cm³/mol. The van der Waals surface area contributed by atoms with Gasteiger partial charge in [0.1, 0.15) is 5.75 Å². The van der Waals surface area contributed by atoms with Crippen LogP contribution in [-0.2, 0) is 11.2 Å². The van der Waals surface area contributed by atoms with E-state index in [1.54, 1.807) is 7.05 Å². The quantitative estimate of drug-likeness (QED) is 0.195. The molecular weight excluding hydrogens is 441 g/mol. The third-order valence-electron chi connectivity index (χ3n) is 3.83. The molecule has 150 valence electrons. The van der Waals surface area contributed by atoms with Crippen LogP contribution in [0, 0.1) is 0 Å². The average Bonchev–Trinajstić information content (AvgIpc) is 2.64. The highest BCUT2D eigenvalue weighted by Gasteiger charge is 1.99. The number of nitrogens with one attached hydrogen (secondary N) is 2. The monoisotopic (exact) mass is 477 g/mol. The normalized spacial score (nSPS) is 11.0. The van der Waals surface area contributed by atoms with Crippen LogP contribution in [0.4, 0.5) is 0 Å². The highest BCUT2D eigenvalue weighted by molar-refractivity contribution is 14.0. The summed E-state index contributed by atoms with van der Waals surface area (Å²) in [5.41, 5.74) is 1.29. The Labute approximate surface area is 176 Å². The van der Waals surface area contributed by atoms with E-state index < -0.39 is 0 Å². The zero-order chi connectivity index (χ0) is 18.2. The first-order valence-corrected chi connectivity index (χ1v) is 9.54. The van der Waals surface area contributed by atoms with Crippen LogP contribution in [0.15, 0.2) is 29.3 Å². The lowest BCUT2D eigenvalue weighted by atomic mass is 10.1. The molecule has 0 spiro atoms. The standard InChI is InChI=1S/C20H35N3O2.HI/c1-4-6-17-25-19-11-9-18(10-12-19)13-15-23-20(21-3)22-14-7-8-16-24-5-2;/h9-12H,4-8,13-17H2,1-3H3,(H2,21,22,23);1H. The Kier molecular flexibility index (Phi) is 16.7. The topological polar surface area (TPSA) is 54.9 Å². The third-order valence-corrected chi connectivity index (χ3v) is 3.83. The van der Waals surface area contributed by atoms with Crippen molar-refractivity contribution in [1.29, 1.82) is 0 Å². The SMILES string of the molecule is CCCCOc1ccc(CCNC(=NC)NCCCCOCC)cc1.I. The summed E-state index contributed by atoms with van der Waals surface area (Å²) in [5, 5.41) is 6.69. The molecule has 0 bridgehead atoms. The van der Waals surface area contributed by atoms with Crippen LogP contribution in [0.5, 0.6) is 5.75 Å². The molecule has 0 saturated heterocycles. The van der Waals surface area contributed by atoms with Crippen LogP contribution in [0.2, 0.25) is 0 Å². The fraction of sp³-hybridized carbons (Fsp3) is 0.650. The molecule has 1 aromatic rings. The Morgan fingerprint density at radius 1 is 0.962 bits per heavy atom. The van der Waals surface area contributed by atoms with Crippen LogP contribution >= 0.6 is 24.0 Å². The number of aliphatic imine (C=N–C) groups is 1. The van der Waals surface area contributed by atoms with Crippen molar-refractivity contribution in [3.05, 3.63) is 29.8 Å². The van der Waals surface area contributed by atoms with Crippen LogP contribution in [-0.4, -0.2) is 45.9 Å². The summed E-state index contributed by atoms with van der Waals surface area (Å²) in [6.07, 6.45) is 5.38. The summed E-state index contributed by atoms with van der Waals surface area (Å²) in [7, 11) is 1.80. The van der Waals surface area contributed by atoms with Crippen molar-refractivity contribution in [1.82, 2.24) is 10.6 Å². The average molecular weight is 477 g/mol. The highest BCUT2D eigenvalue weighted by atomic mass is 127. The molecule has 5 nitrogen and oxygen atoms in total. The van der Waals surface area contributed by atoms with Crippen LogP contribution in [0.3, 0.4) is 0 Å². The zero-order valence-electron chi connectivity index (χ0n) is 16.6. The maximum atomic E-state index is 5.69. The molecule has 1 rings (SSSR count). The first kappa shape index (κ1) is 25.0. The maximum absolute atomic E-state index is 5.69. The van der Waals surface area contributed by atoms with Crippen molar-refractivity contribution in [2.45, 2.75) is 46.0 Å². The van der Waals surface area contributed by atoms with E-state index in [9.17, 15) is 0 Å². The first-order chi connectivity index (χ1) is 12.3. The number of unbranched alkanes of at least 4 members (excludes halogenated alkanes) is 2. The molecule has 0 radical (unpaired) electrons. The van der Waals surface area contributed by atoms with Crippen molar-refractivity contribution >= 4 is 29.9 Å². The zero-order valence-corrected chi connectivity index (χ0v) is 18.9. The largest absolute Gasteiger partial charge is 0.494 e. The lowest BCUT2D eigenvalue weighted by Gasteiger charge is -2.12. The van der Waals surface area contributed by atoms with Gasteiger partial charge < -0.3 is 20.1 Å². The molecule has 0 saturated carbocycles. The summed E-state index contributed by atoms with van der Waals surface area (Å²) in [6.45, 7) is 8.39. The van der Waals surface area contributed by atoms with Gasteiger partial charge in [-0.25, -0.2) is 0 Å². The second kappa shape index (κ2) is 17.4. The minimum Gasteiger partial charge on any atom is -0.494 e. The number of hydrogen-bond acceptors (Lipinski definition) is 3. The molecule has 0 aliphatic rings. The molecule has 0 aromatic heterocycles. The summed E-state index contributed by atoms with van der Waals surface area (Å²) in [5.74, 6) is 1.81. The van der Waals surface area contributed by atoms with Crippen molar-refractivity contribution in [3.63, 3.8) is 0 Å². The number of hydrogen-bond donors (Lipinski definition) is 2. The van der Waals surface area contributed by atoms with Gasteiger partial charge in [-0.15, -0.1) is 24.0 Å². The van der Waals surface area contributed by atoms with E-state index in [4.69, 9.17) is 9.47 Å². The van der Waals surface area contributed by atoms with Gasteiger partial charge in [0.15, 0.2) is 5.96 Å². The molecule has 6 heteroatoms. The summed E-state index contributed by atoms with van der Waals surface area (Å²) >= 11 is 0. The lowest BCUT2D eigenvalue weighted by molar-refractivity contribution is 0.143. The second-order valence-corrected chi connectivity index (χ2v) is 5.93.